The summed E-state index contributed by atoms with van der Waals surface area (Å²) in [6, 6.07) is 14.5. The van der Waals surface area contributed by atoms with E-state index in [9.17, 15) is 4.79 Å². The summed E-state index contributed by atoms with van der Waals surface area (Å²) >= 11 is 14.0. The van der Waals surface area contributed by atoms with E-state index in [-0.39, 0.29) is 18.1 Å². The van der Waals surface area contributed by atoms with Crippen molar-refractivity contribution in [2.24, 2.45) is 0 Å². The summed E-state index contributed by atoms with van der Waals surface area (Å²) in [7, 11) is 3.09. The highest BCUT2D eigenvalue weighted by Gasteiger charge is 2.22. The van der Waals surface area contributed by atoms with E-state index in [1.807, 2.05) is 30.3 Å². The van der Waals surface area contributed by atoms with Gasteiger partial charge < -0.3 is 30.2 Å². The zero-order valence-corrected chi connectivity index (χ0v) is 27.7. The molecule has 0 radical (unpaired) electrons. The second kappa shape index (κ2) is 15.0. The number of aromatic nitrogens is 2. The summed E-state index contributed by atoms with van der Waals surface area (Å²) in [5, 5.41) is 10.4. The summed E-state index contributed by atoms with van der Waals surface area (Å²) in [4.78, 5) is 20.7. The topological polar surface area (TPSA) is 107 Å². The number of carbonyl (C=O) groups is 1. The third-order valence-electron chi connectivity index (χ3n) is 8.49. The Balaban J connectivity index is 1.24. The van der Waals surface area contributed by atoms with Crippen molar-refractivity contribution in [3.8, 4) is 45.3 Å². The zero-order chi connectivity index (χ0) is 32.9. The Morgan fingerprint density at radius 2 is 1.77 bits per heavy atom. The number of nitrogens with zero attached hydrogens (tertiary/aromatic N) is 2. The van der Waals surface area contributed by atoms with Crippen LogP contribution in [0.25, 0.3) is 33.6 Å². The van der Waals surface area contributed by atoms with Gasteiger partial charge in [0.05, 0.1) is 41.8 Å². The molecule has 1 amide bonds. The van der Waals surface area contributed by atoms with Crippen LogP contribution in [-0.4, -0.2) is 61.9 Å². The molecule has 12 heteroatoms. The van der Waals surface area contributed by atoms with Gasteiger partial charge in [0.25, 0.3) is 0 Å². The number of halogens is 3. The van der Waals surface area contributed by atoms with E-state index >= 15 is 4.39 Å². The van der Waals surface area contributed by atoms with E-state index in [1.165, 1.54) is 13.2 Å². The first-order valence-corrected chi connectivity index (χ1v) is 16.3. The molecule has 47 heavy (non-hydrogen) atoms. The number of rotatable bonds is 13. The van der Waals surface area contributed by atoms with E-state index in [1.54, 1.807) is 25.4 Å². The van der Waals surface area contributed by atoms with Crippen molar-refractivity contribution in [3.05, 3.63) is 81.7 Å². The Bertz CT molecular complexity index is 1770. The minimum atomic E-state index is -0.423. The fourth-order valence-corrected chi connectivity index (χ4v) is 6.49. The number of nitrogens with one attached hydrogen (secondary N) is 3. The van der Waals surface area contributed by atoms with Gasteiger partial charge in [0.15, 0.2) is 0 Å². The van der Waals surface area contributed by atoms with Gasteiger partial charge in [0.2, 0.25) is 11.8 Å². The minimum Gasteiger partial charge on any atom is -0.496 e. The molecule has 4 heterocycles. The predicted octanol–water partition coefficient (Wildman–Crippen LogP) is 6.19. The third-order valence-corrected chi connectivity index (χ3v) is 9.28. The SMILES string of the molecule is COc1cc(-c2nccc(-c3cccc(-c4ccc(CNC[C@H]5CCC(=O)N5)c(OC)n4)c3Cl)c2Cl)cc(F)c1CNC[C@@H]1CCO1. The first kappa shape index (κ1) is 33.1. The zero-order valence-electron chi connectivity index (χ0n) is 26.2. The molecule has 2 saturated heterocycles. The Labute approximate surface area is 283 Å². The molecule has 2 aromatic carbocycles. The standard InChI is InChI=1S/C35H36Cl2FN5O4/c1-45-30-15-21(14-28(38)27(30)19-40-18-23-11-13-47-23)34-33(37)25(10-12-41-34)24-4-3-5-26(32(24)36)29-8-6-20(35(43-29)46-2)16-39-17-22-7-9-31(44)42-22/h3-6,8,10,12,14-15,22-23,39-40H,7,9,11,13,16-19H2,1-2H3,(H,42,44)/t22-,23+/m1/s1. The fraction of sp³-hybridized carbons (Fsp3) is 0.343. The van der Waals surface area contributed by atoms with Crippen LogP contribution in [0, 0.1) is 5.82 Å². The van der Waals surface area contributed by atoms with Crippen LogP contribution in [0.4, 0.5) is 4.39 Å². The van der Waals surface area contributed by atoms with Crippen molar-refractivity contribution < 1.29 is 23.4 Å². The predicted molar refractivity (Wildman–Crippen MR) is 180 cm³/mol. The van der Waals surface area contributed by atoms with Crippen molar-refractivity contribution in [1.29, 1.82) is 0 Å². The molecule has 9 nitrogen and oxygen atoms in total. The maximum Gasteiger partial charge on any atom is 0.220 e. The molecule has 2 aromatic heterocycles. The number of carbonyl (C=O) groups excluding carboxylic acids is 1. The second-order valence-corrected chi connectivity index (χ2v) is 12.3. The molecular formula is C35H36Cl2FN5O4. The number of ether oxygens (including phenoxy) is 3. The summed E-state index contributed by atoms with van der Waals surface area (Å²) < 4.78 is 32.0. The minimum absolute atomic E-state index is 0.0887. The average molecular weight is 681 g/mol. The molecule has 0 aliphatic carbocycles. The molecule has 2 aliphatic rings. The lowest BCUT2D eigenvalue weighted by molar-refractivity contribution is -0.119. The van der Waals surface area contributed by atoms with Gasteiger partial charge >= 0.3 is 0 Å². The van der Waals surface area contributed by atoms with Crippen LogP contribution in [0.5, 0.6) is 11.6 Å². The lowest BCUT2D eigenvalue weighted by atomic mass is 9.99. The number of benzene rings is 2. The summed E-state index contributed by atoms with van der Waals surface area (Å²) in [5.74, 6) is 0.538. The number of pyridine rings is 2. The summed E-state index contributed by atoms with van der Waals surface area (Å²) in [6.45, 7) is 2.91. The Kier molecular flexibility index (Phi) is 10.5. The number of hydrogen-bond acceptors (Lipinski definition) is 8. The Morgan fingerprint density at radius 3 is 2.49 bits per heavy atom. The highest BCUT2D eigenvalue weighted by molar-refractivity contribution is 6.39. The van der Waals surface area contributed by atoms with Gasteiger partial charge in [-0.25, -0.2) is 9.37 Å². The summed E-state index contributed by atoms with van der Waals surface area (Å²) in [5.41, 5.74) is 4.83. The monoisotopic (exact) mass is 679 g/mol. The molecule has 0 bridgehead atoms. The van der Waals surface area contributed by atoms with Crippen LogP contribution < -0.4 is 25.4 Å². The van der Waals surface area contributed by atoms with Gasteiger partial charge in [-0.2, -0.15) is 0 Å². The average Bonchev–Trinajstić information content (AvgIpc) is 3.47. The highest BCUT2D eigenvalue weighted by atomic mass is 35.5. The second-order valence-electron chi connectivity index (χ2n) is 11.5. The van der Waals surface area contributed by atoms with Gasteiger partial charge in [0.1, 0.15) is 11.6 Å². The van der Waals surface area contributed by atoms with E-state index in [4.69, 9.17) is 42.4 Å². The molecule has 2 aliphatic heterocycles. The Morgan fingerprint density at radius 1 is 0.979 bits per heavy atom. The molecule has 246 valence electrons. The van der Waals surface area contributed by atoms with Crippen molar-refractivity contribution in [2.45, 2.75) is 44.5 Å². The van der Waals surface area contributed by atoms with Crippen molar-refractivity contribution in [2.75, 3.05) is 33.9 Å². The van der Waals surface area contributed by atoms with Crippen LogP contribution in [0.1, 0.15) is 30.4 Å². The molecule has 2 fully saturated rings. The maximum absolute atomic E-state index is 15.4. The first-order valence-electron chi connectivity index (χ1n) is 15.5. The molecule has 4 aromatic rings. The molecule has 0 spiro atoms. The van der Waals surface area contributed by atoms with Crippen molar-refractivity contribution in [3.63, 3.8) is 0 Å². The molecule has 3 N–H and O–H groups in total. The van der Waals surface area contributed by atoms with Crippen LogP contribution in [0.2, 0.25) is 10.0 Å². The largest absolute Gasteiger partial charge is 0.496 e. The smallest absolute Gasteiger partial charge is 0.220 e. The third kappa shape index (κ3) is 7.37. The molecule has 0 saturated carbocycles. The van der Waals surface area contributed by atoms with Crippen molar-refractivity contribution >= 4 is 29.1 Å². The molecule has 6 rings (SSSR count). The van der Waals surface area contributed by atoms with E-state index in [2.05, 4.69) is 20.9 Å². The maximum atomic E-state index is 15.4. The lowest BCUT2D eigenvalue weighted by Gasteiger charge is -2.26. The lowest BCUT2D eigenvalue weighted by Crippen LogP contribution is -2.37. The van der Waals surface area contributed by atoms with Crippen LogP contribution in [-0.2, 0) is 22.6 Å². The number of hydrogen-bond donors (Lipinski definition) is 3. The van der Waals surface area contributed by atoms with Gasteiger partial charge in [-0.1, -0.05) is 47.5 Å². The molecule has 0 unspecified atom stereocenters. The van der Waals surface area contributed by atoms with E-state index in [0.29, 0.717) is 93.5 Å². The van der Waals surface area contributed by atoms with Gasteiger partial charge in [0, 0.05) is 84.8 Å². The number of amides is 1. The van der Waals surface area contributed by atoms with Gasteiger partial charge in [-0.3, -0.25) is 9.78 Å². The van der Waals surface area contributed by atoms with Crippen LogP contribution >= 0.6 is 23.2 Å². The van der Waals surface area contributed by atoms with Crippen LogP contribution in [0.3, 0.4) is 0 Å². The van der Waals surface area contributed by atoms with Gasteiger partial charge in [-0.05, 0) is 37.1 Å². The van der Waals surface area contributed by atoms with Crippen molar-refractivity contribution in [1.82, 2.24) is 25.9 Å². The van der Waals surface area contributed by atoms with Gasteiger partial charge in [-0.15, -0.1) is 0 Å². The van der Waals surface area contributed by atoms with E-state index < -0.39 is 5.82 Å². The summed E-state index contributed by atoms with van der Waals surface area (Å²) in [6.07, 6.45) is 4.17. The number of methoxy groups -OCH3 is 2. The quantitative estimate of drug-likeness (QED) is 0.154. The first-order chi connectivity index (χ1) is 22.9. The van der Waals surface area contributed by atoms with Crippen LogP contribution in [0.15, 0.2) is 54.7 Å². The fourth-order valence-electron chi connectivity index (χ4n) is 5.84. The Hall–Kier alpha value is -3.80. The normalized spacial score (nSPS) is 17.3. The molecular weight excluding hydrogens is 644 g/mol. The molecule has 2 atom stereocenters. The highest BCUT2D eigenvalue weighted by Crippen LogP contribution is 2.42. The van der Waals surface area contributed by atoms with E-state index in [0.717, 1.165) is 25.0 Å².